The molecule has 0 bridgehead atoms. The van der Waals surface area contributed by atoms with Crippen molar-refractivity contribution in [2.24, 2.45) is 5.16 Å². The molecule has 0 radical (unpaired) electrons. The second kappa shape index (κ2) is 4.50. The lowest BCUT2D eigenvalue weighted by molar-refractivity contribution is 0.316. The number of ether oxygens (including phenoxy) is 1. The summed E-state index contributed by atoms with van der Waals surface area (Å²) < 4.78 is 5.19. The Labute approximate surface area is 82.4 Å². The molecule has 0 aliphatic rings. The number of benzene rings is 1. The fraction of sp³-hybridized carbons (Fsp3) is 0.300. The Balaban J connectivity index is 3.06. The predicted octanol–water partition coefficient (Wildman–Crippen LogP) is 1.99. The van der Waals surface area contributed by atoms with Gasteiger partial charge in [0.05, 0.1) is 12.3 Å². The Morgan fingerprint density at radius 2 is 2.21 bits per heavy atom. The molecule has 0 spiro atoms. The van der Waals surface area contributed by atoms with E-state index in [-0.39, 0.29) is 5.75 Å². The van der Waals surface area contributed by atoms with E-state index in [1.54, 1.807) is 19.1 Å². The van der Waals surface area contributed by atoms with E-state index in [1.165, 1.54) is 6.07 Å². The molecule has 0 atom stereocenters. The second-order valence-corrected chi connectivity index (χ2v) is 2.80. The van der Waals surface area contributed by atoms with Gasteiger partial charge < -0.3 is 15.1 Å². The summed E-state index contributed by atoms with van der Waals surface area (Å²) in [6, 6.07) is 4.80. The molecule has 1 aromatic rings. The van der Waals surface area contributed by atoms with Gasteiger partial charge in [-0.3, -0.25) is 0 Å². The third-order valence-corrected chi connectivity index (χ3v) is 1.83. The Morgan fingerprint density at radius 3 is 2.79 bits per heavy atom. The van der Waals surface area contributed by atoms with Crippen LogP contribution in [0.1, 0.15) is 19.4 Å². The highest BCUT2D eigenvalue weighted by Crippen LogP contribution is 2.26. The molecule has 14 heavy (non-hydrogen) atoms. The minimum atomic E-state index is 0.0846. The van der Waals surface area contributed by atoms with Crippen molar-refractivity contribution >= 4 is 5.71 Å². The molecule has 4 nitrogen and oxygen atoms in total. The first kappa shape index (κ1) is 10.4. The van der Waals surface area contributed by atoms with Crippen LogP contribution in [-0.2, 0) is 0 Å². The molecular weight excluding hydrogens is 182 g/mol. The maximum atomic E-state index is 9.39. The molecule has 1 aromatic carbocycles. The van der Waals surface area contributed by atoms with Crippen molar-refractivity contribution < 1.29 is 15.1 Å². The molecule has 0 aliphatic carbocycles. The van der Waals surface area contributed by atoms with Gasteiger partial charge in [-0.05, 0) is 32.0 Å². The highest BCUT2D eigenvalue weighted by Gasteiger charge is 2.05. The van der Waals surface area contributed by atoms with Crippen LogP contribution in [0.3, 0.4) is 0 Å². The van der Waals surface area contributed by atoms with E-state index in [4.69, 9.17) is 9.94 Å². The first-order chi connectivity index (χ1) is 6.69. The van der Waals surface area contributed by atoms with Gasteiger partial charge in [-0.15, -0.1) is 0 Å². The van der Waals surface area contributed by atoms with Crippen molar-refractivity contribution in [2.75, 3.05) is 6.61 Å². The molecule has 76 valence electrons. The second-order valence-electron chi connectivity index (χ2n) is 2.80. The van der Waals surface area contributed by atoms with Crippen LogP contribution in [0.15, 0.2) is 23.4 Å². The van der Waals surface area contributed by atoms with Crippen LogP contribution >= 0.6 is 0 Å². The van der Waals surface area contributed by atoms with Gasteiger partial charge in [0.2, 0.25) is 0 Å². The zero-order valence-corrected chi connectivity index (χ0v) is 8.19. The number of phenols is 1. The fourth-order valence-corrected chi connectivity index (χ4v) is 1.07. The minimum Gasteiger partial charge on any atom is -0.504 e. The lowest BCUT2D eigenvalue weighted by atomic mass is 10.1. The van der Waals surface area contributed by atoms with Crippen LogP contribution in [0.25, 0.3) is 0 Å². The van der Waals surface area contributed by atoms with Crippen molar-refractivity contribution in [1.82, 2.24) is 0 Å². The van der Waals surface area contributed by atoms with E-state index < -0.39 is 0 Å². The molecule has 0 saturated carbocycles. The summed E-state index contributed by atoms with van der Waals surface area (Å²) in [6.07, 6.45) is 0. The third kappa shape index (κ3) is 2.16. The smallest absolute Gasteiger partial charge is 0.161 e. The number of aromatic hydroxyl groups is 1. The van der Waals surface area contributed by atoms with Crippen molar-refractivity contribution in [3.05, 3.63) is 23.8 Å². The summed E-state index contributed by atoms with van der Waals surface area (Å²) in [5.41, 5.74) is 1.19. The largest absolute Gasteiger partial charge is 0.504 e. The highest BCUT2D eigenvalue weighted by atomic mass is 16.5. The number of nitrogens with zero attached hydrogens (tertiary/aromatic N) is 1. The van der Waals surface area contributed by atoms with Gasteiger partial charge in [-0.1, -0.05) is 5.16 Å². The van der Waals surface area contributed by atoms with Gasteiger partial charge in [0.1, 0.15) is 0 Å². The van der Waals surface area contributed by atoms with Crippen LogP contribution < -0.4 is 4.74 Å². The normalized spacial score (nSPS) is 11.4. The molecular formula is C10H13NO3. The molecule has 1 rings (SSSR count). The summed E-state index contributed by atoms with van der Waals surface area (Å²) in [5.74, 6) is 0.481. The standard InChI is InChI=1S/C10H13NO3/c1-3-14-10-6-8(7(2)11-13)4-5-9(10)12/h4-6,12-13H,3H2,1-2H3. The van der Waals surface area contributed by atoms with Crippen LogP contribution in [0.5, 0.6) is 11.5 Å². The Hall–Kier alpha value is -1.71. The van der Waals surface area contributed by atoms with Crippen LogP contribution in [-0.4, -0.2) is 22.6 Å². The van der Waals surface area contributed by atoms with Gasteiger partial charge in [-0.2, -0.15) is 0 Å². The van der Waals surface area contributed by atoms with Gasteiger partial charge in [0.15, 0.2) is 11.5 Å². The first-order valence-corrected chi connectivity index (χ1v) is 4.34. The van der Waals surface area contributed by atoms with E-state index >= 15 is 0 Å². The lowest BCUT2D eigenvalue weighted by Gasteiger charge is -2.07. The van der Waals surface area contributed by atoms with E-state index in [0.717, 1.165) is 0 Å². The molecule has 0 unspecified atom stereocenters. The summed E-state index contributed by atoms with van der Waals surface area (Å²) in [7, 11) is 0. The maximum Gasteiger partial charge on any atom is 0.161 e. The molecule has 0 aromatic heterocycles. The van der Waals surface area contributed by atoms with Gasteiger partial charge in [0.25, 0.3) is 0 Å². The molecule has 0 amide bonds. The molecule has 0 aliphatic heterocycles. The summed E-state index contributed by atoms with van der Waals surface area (Å²) in [4.78, 5) is 0. The van der Waals surface area contributed by atoms with E-state index in [1.807, 2.05) is 6.92 Å². The SMILES string of the molecule is CCOc1cc(C(C)=NO)ccc1O. The van der Waals surface area contributed by atoms with Crippen molar-refractivity contribution in [3.63, 3.8) is 0 Å². The summed E-state index contributed by atoms with van der Waals surface area (Å²) in [5, 5.41) is 21.0. The molecule has 0 saturated heterocycles. The average molecular weight is 195 g/mol. The third-order valence-electron chi connectivity index (χ3n) is 1.83. The number of oxime groups is 1. The predicted molar refractivity (Wildman–Crippen MR) is 53.3 cm³/mol. The minimum absolute atomic E-state index is 0.0846. The zero-order chi connectivity index (χ0) is 10.6. The van der Waals surface area contributed by atoms with Crippen LogP contribution in [0.4, 0.5) is 0 Å². The maximum absolute atomic E-state index is 9.39. The van der Waals surface area contributed by atoms with Gasteiger partial charge in [0, 0.05) is 5.56 Å². The van der Waals surface area contributed by atoms with Crippen molar-refractivity contribution in [3.8, 4) is 11.5 Å². The van der Waals surface area contributed by atoms with E-state index in [9.17, 15) is 5.11 Å². The Kier molecular flexibility index (Phi) is 3.34. The van der Waals surface area contributed by atoms with Crippen LogP contribution in [0.2, 0.25) is 0 Å². The topological polar surface area (TPSA) is 62.0 Å². The number of hydrogen-bond acceptors (Lipinski definition) is 4. The number of phenolic OH excluding ortho intramolecular Hbond substituents is 1. The monoisotopic (exact) mass is 195 g/mol. The Bertz CT molecular complexity index is 347. The molecule has 0 heterocycles. The fourth-order valence-electron chi connectivity index (χ4n) is 1.07. The summed E-state index contributed by atoms with van der Waals surface area (Å²) in [6.45, 7) is 3.98. The Morgan fingerprint density at radius 1 is 1.50 bits per heavy atom. The highest BCUT2D eigenvalue weighted by molar-refractivity contribution is 5.98. The van der Waals surface area contributed by atoms with Gasteiger partial charge >= 0.3 is 0 Å². The van der Waals surface area contributed by atoms with E-state index in [0.29, 0.717) is 23.6 Å². The number of rotatable bonds is 3. The summed E-state index contributed by atoms with van der Waals surface area (Å²) >= 11 is 0. The average Bonchev–Trinajstić information content (AvgIpc) is 2.20. The zero-order valence-electron chi connectivity index (χ0n) is 8.19. The van der Waals surface area contributed by atoms with Crippen molar-refractivity contribution in [1.29, 1.82) is 0 Å². The van der Waals surface area contributed by atoms with E-state index in [2.05, 4.69) is 5.16 Å². The quantitative estimate of drug-likeness (QED) is 0.440. The number of hydrogen-bond donors (Lipinski definition) is 2. The lowest BCUT2D eigenvalue weighted by Crippen LogP contribution is -1.97. The molecule has 2 N–H and O–H groups in total. The first-order valence-electron chi connectivity index (χ1n) is 4.34. The molecule has 0 fully saturated rings. The molecule has 4 heteroatoms. The van der Waals surface area contributed by atoms with Crippen molar-refractivity contribution in [2.45, 2.75) is 13.8 Å². The van der Waals surface area contributed by atoms with Crippen LogP contribution in [0, 0.1) is 0 Å². The van der Waals surface area contributed by atoms with Gasteiger partial charge in [-0.25, -0.2) is 0 Å².